The first-order valence-corrected chi connectivity index (χ1v) is 1.64. The smallest absolute Gasteiger partial charge is 0.0689 e. The van der Waals surface area contributed by atoms with Crippen LogP contribution >= 0.6 is 0 Å². The van der Waals surface area contributed by atoms with Gasteiger partial charge < -0.3 is 46.0 Å². The van der Waals surface area contributed by atoms with E-state index in [9.17, 15) is 0 Å². The van der Waals surface area contributed by atoms with E-state index in [-0.39, 0.29) is 27.3 Å². The first-order valence-electron chi connectivity index (χ1n) is 1.64. The van der Waals surface area contributed by atoms with E-state index in [4.69, 9.17) is 46.0 Å². The van der Waals surface area contributed by atoms with Crippen molar-refractivity contribution in [3.8, 4) is 0 Å². The van der Waals surface area contributed by atoms with E-state index < -0.39 is 15.3 Å². The second kappa shape index (κ2) is 16.9. The number of nitrogens with zero attached hydrogens (tertiary/aromatic N) is 3. The van der Waals surface area contributed by atoms with Gasteiger partial charge in [-0.05, 0) is 0 Å². The van der Waals surface area contributed by atoms with Crippen LogP contribution in [-0.2, 0) is 27.3 Å². The van der Waals surface area contributed by atoms with Crippen LogP contribution in [0.15, 0.2) is 0 Å². The molecule has 12 nitrogen and oxygen atoms in total. The van der Waals surface area contributed by atoms with Gasteiger partial charge in [0.1, 0.15) is 0 Å². The van der Waals surface area contributed by atoms with Gasteiger partial charge in [-0.1, -0.05) is 0 Å². The monoisotopic (exact) mass is 300 g/mol. The fourth-order valence-electron chi connectivity index (χ4n) is 0. The van der Waals surface area contributed by atoms with Crippen LogP contribution in [0.5, 0.6) is 0 Å². The molecule has 74 valence electrons. The van der Waals surface area contributed by atoms with Crippen molar-refractivity contribution >= 4 is 0 Å². The maximum absolute atomic E-state index is 8.25. The van der Waals surface area contributed by atoms with Gasteiger partial charge in [-0.2, -0.15) is 0 Å². The zero-order chi connectivity index (χ0) is 10.7. The Balaban J connectivity index is -0.0000000450. The van der Waals surface area contributed by atoms with Crippen molar-refractivity contribution in [1.82, 2.24) is 0 Å². The van der Waals surface area contributed by atoms with E-state index in [2.05, 4.69) is 0 Å². The number of hydrogen-bond donors (Lipinski definition) is 0. The Morgan fingerprint density at radius 2 is 0.538 bits per heavy atom. The fraction of sp³-hybridized carbons (Fsp3) is 0. The zero-order valence-corrected chi connectivity index (χ0v) is 9.76. The summed E-state index contributed by atoms with van der Waals surface area (Å²) >= 11 is 0. The molecule has 0 N–H and O–H groups in total. The summed E-state index contributed by atoms with van der Waals surface area (Å²) in [5, 5.41) is 44.2. The van der Waals surface area contributed by atoms with Crippen LogP contribution < -0.4 is 0 Å². The van der Waals surface area contributed by atoms with Gasteiger partial charge in [0.2, 0.25) is 0 Å². The summed E-state index contributed by atoms with van der Waals surface area (Å²) < 4.78 is 0. The molecule has 13 heteroatoms. The average molecular weight is 298 g/mol. The molecular formula is CdN3O9-3. The molecule has 0 spiro atoms. The van der Waals surface area contributed by atoms with Crippen LogP contribution in [0.25, 0.3) is 0 Å². The molecule has 0 unspecified atom stereocenters. The third-order valence-electron chi connectivity index (χ3n) is 0. The summed E-state index contributed by atoms with van der Waals surface area (Å²) in [7, 11) is 0. The molecule has 0 aromatic carbocycles. The van der Waals surface area contributed by atoms with Crippen LogP contribution in [0.4, 0.5) is 0 Å². The average Bonchev–Trinajstić information content (AvgIpc) is 1.54. The van der Waals surface area contributed by atoms with Gasteiger partial charge in [0.15, 0.2) is 0 Å². The zero-order valence-electron chi connectivity index (χ0n) is 5.72. The van der Waals surface area contributed by atoms with E-state index in [0.29, 0.717) is 0 Å². The van der Waals surface area contributed by atoms with Crippen molar-refractivity contribution in [2.24, 2.45) is 0 Å². The maximum Gasteiger partial charge on any atom is 0.0689 e. The van der Waals surface area contributed by atoms with Crippen molar-refractivity contribution in [3.05, 3.63) is 46.0 Å². The predicted octanol–water partition coefficient (Wildman–Crippen LogP) is -0.720. The molecule has 0 bridgehead atoms. The first-order chi connectivity index (χ1) is 5.20. The van der Waals surface area contributed by atoms with Crippen LogP contribution in [0.1, 0.15) is 0 Å². The summed E-state index contributed by atoms with van der Waals surface area (Å²) in [5.74, 6) is 0. The fourth-order valence-corrected chi connectivity index (χ4v) is 0. The summed E-state index contributed by atoms with van der Waals surface area (Å²) in [5.41, 5.74) is 0. The Morgan fingerprint density at radius 3 is 0.538 bits per heavy atom. The summed E-state index contributed by atoms with van der Waals surface area (Å²) in [6.45, 7) is 0. The summed E-state index contributed by atoms with van der Waals surface area (Å²) in [6.07, 6.45) is 0. The van der Waals surface area contributed by atoms with Crippen molar-refractivity contribution in [2.45, 2.75) is 0 Å². The van der Waals surface area contributed by atoms with Crippen LogP contribution in [0, 0.1) is 46.0 Å². The summed E-state index contributed by atoms with van der Waals surface area (Å²) in [6, 6.07) is 0. The number of rotatable bonds is 0. The van der Waals surface area contributed by atoms with Crippen molar-refractivity contribution in [1.29, 1.82) is 0 Å². The summed E-state index contributed by atoms with van der Waals surface area (Å²) in [4.78, 5) is 24.8. The van der Waals surface area contributed by atoms with Gasteiger partial charge in [0, 0.05) is 27.3 Å². The molecule has 0 aromatic rings. The van der Waals surface area contributed by atoms with Crippen molar-refractivity contribution < 1.29 is 42.6 Å². The molecule has 0 atom stereocenters. The topological polar surface area (TPSA) is 199 Å². The quantitative estimate of drug-likeness (QED) is 0.314. The largest absolute Gasteiger partial charge is 0.356 e. The third kappa shape index (κ3) is 350. The van der Waals surface area contributed by atoms with Crippen molar-refractivity contribution in [2.75, 3.05) is 0 Å². The molecule has 13 heavy (non-hydrogen) atoms. The first kappa shape index (κ1) is 22.5. The minimum Gasteiger partial charge on any atom is -0.356 e. The molecular weight excluding hydrogens is 298 g/mol. The molecule has 0 fully saturated rings. The van der Waals surface area contributed by atoms with E-state index in [1.807, 2.05) is 0 Å². The Bertz CT molecular complexity index is 112. The molecule has 0 aromatic heterocycles. The Labute approximate surface area is 88.9 Å². The molecule has 0 saturated carbocycles. The maximum atomic E-state index is 8.25. The van der Waals surface area contributed by atoms with Gasteiger partial charge in [-0.15, -0.1) is 0 Å². The van der Waals surface area contributed by atoms with Gasteiger partial charge in [0.05, 0.1) is 15.3 Å². The Kier molecular flexibility index (Phi) is 29.2. The van der Waals surface area contributed by atoms with E-state index in [0.717, 1.165) is 0 Å². The molecule has 0 radical (unpaired) electrons. The molecule has 0 aliphatic carbocycles. The Morgan fingerprint density at radius 1 is 0.538 bits per heavy atom. The normalized spacial score (nSPS) is 5.54. The molecule has 0 amide bonds. The molecule has 0 saturated heterocycles. The van der Waals surface area contributed by atoms with Crippen LogP contribution in [-0.4, -0.2) is 15.3 Å². The molecule has 0 aliphatic heterocycles. The predicted molar refractivity (Wildman–Crippen MR) is 31.1 cm³/mol. The second-order valence-corrected chi connectivity index (χ2v) is 0.671. The number of hydrogen-bond acceptors (Lipinski definition) is 9. The van der Waals surface area contributed by atoms with E-state index >= 15 is 0 Å². The van der Waals surface area contributed by atoms with Gasteiger partial charge in [-0.25, -0.2) is 0 Å². The molecule has 0 heterocycles. The standard InChI is InChI=1S/Cd.3NO3/c;3*2-1(3)4/q;3*-1. The van der Waals surface area contributed by atoms with Gasteiger partial charge in [0.25, 0.3) is 0 Å². The van der Waals surface area contributed by atoms with Crippen LogP contribution in [0.2, 0.25) is 0 Å². The second-order valence-electron chi connectivity index (χ2n) is 0.671. The van der Waals surface area contributed by atoms with Crippen LogP contribution in [0.3, 0.4) is 0 Å². The third-order valence-corrected chi connectivity index (χ3v) is 0. The minimum absolute atomic E-state index is 0. The van der Waals surface area contributed by atoms with E-state index in [1.54, 1.807) is 0 Å². The van der Waals surface area contributed by atoms with Gasteiger partial charge in [-0.3, -0.25) is 0 Å². The van der Waals surface area contributed by atoms with Crippen molar-refractivity contribution in [3.63, 3.8) is 0 Å². The molecule has 0 aliphatic rings. The van der Waals surface area contributed by atoms with Gasteiger partial charge >= 0.3 is 0 Å². The minimum atomic E-state index is -1.75. The van der Waals surface area contributed by atoms with E-state index in [1.165, 1.54) is 0 Å². The Hall–Kier alpha value is -1.48. The molecule has 0 rings (SSSR count). The SMILES string of the molecule is O=[N+]([O-])[O-].O=[N+]([O-])[O-].O=[N+]([O-])[O-].[Cd].